The van der Waals surface area contributed by atoms with Crippen molar-refractivity contribution in [1.82, 2.24) is 4.90 Å². The Bertz CT molecular complexity index is 901. The molecule has 0 aromatic heterocycles. The molecule has 2 aromatic carbocycles. The molecular formula is C21H24ClNO5. The highest BCUT2D eigenvalue weighted by molar-refractivity contribution is 6.31. The summed E-state index contributed by atoms with van der Waals surface area (Å²) in [4.78, 5) is 2.37. The van der Waals surface area contributed by atoms with E-state index < -0.39 is 0 Å². The molecule has 1 atom stereocenters. The van der Waals surface area contributed by atoms with Crippen molar-refractivity contribution in [3.63, 3.8) is 0 Å². The number of ether oxygens (including phenoxy) is 3. The van der Waals surface area contributed by atoms with Crippen LogP contribution in [0.25, 0.3) is 0 Å². The molecule has 2 heterocycles. The number of nitrogens with zero attached hydrogens (tertiary/aromatic N) is 1. The number of hydrogen-bond donors (Lipinski definition) is 2. The smallest absolute Gasteiger partial charge is 0.166 e. The van der Waals surface area contributed by atoms with Crippen LogP contribution < -0.4 is 14.2 Å². The van der Waals surface area contributed by atoms with Crippen LogP contribution >= 0.6 is 11.6 Å². The van der Waals surface area contributed by atoms with Gasteiger partial charge in [0.1, 0.15) is 6.61 Å². The first kappa shape index (κ1) is 19.2. The van der Waals surface area contributed by atoms with Gasteiger partial charge in [-0.3, -0.25) is 4.90 Å². The number of aromatic hydroxyl groups is 1. The lowest BCUT2D eigenvalue weighted by atomic mass is 9.83. The van der Waals surface area contributed by atoms with E-state index >= 15 is 0 Å². The molecule has 7 heteroatoms. The Morgan fingerprint density at radius 2 is 1.93 bits per heavy atom. The second kappa shape index (κ2) is 7.70. The SMILES string of the molecule is COc1cc2c(cc1O)C1Cc3c(Cl)cc(OC)c(OCCO)c3CN1CC2. The summed E-state index contributed by atoms with van der Waals surface area (Å²) < 4.78 is 16.5. The first-order valence-electron chi connectivity index (χ1n) is 9.33. The van der Waals surface area contributed by atoms with E-state index in [2.05, 4.69) is 4.90 Å². The lowest BCUT2D eigenvalue weighted by Crippen LogP contribution is -2.39. The molecule has 1 unspecified atom stereocenters. The lowest BCUT2D eigenvalue weighted by molar-refractivity contribution is 0.151. The van der Waals surface area contributed by atoms with Crippen molar-refractivity contribution in [3.05, 3.63) is 45.5 Å². The Labute approximate surface area is 169 Å². The molecule has 0 saturated carbocycles. The Kier molecular flexibility index (Phi) is 5.27. The molecule has 28 heavy (non-hydrogen) atoms. The van der Waals surface area contributed by atoms with Gasteiger partial charge in [-0.25, -0.2) is 0 Å². The Hall–Kier alpha value is -2.15. The van der Waals surface area contributed by atoms with Crippen LogP contribution in [-0.4, -0.2) is 49.1 Å². The maximum Gasteiger partial charge on any atom is 0.166 e. The normalized spacial score (nSPS) is 18.1. The highest BCUT2D eigenvalue weighted by atomic mass is 35.5. The fourth-order valence-electron chi connectivity index (χ4n) is 4.30. The van der Waals surface area contributed by atoms with E-state index in [1.165, 1.54) is 5.56 Å². The second-order valence-corrected chi connectivity index (χ2v) is 7.49. The van der Waals surface area contributed by atoms with Gasteiger partial charge in [-0.2, -0.15) is 0 Å². The van der Waals surface area contributed by atoms with Crippen LogP contribution in [0.4, 0.5) is 0 Å². The molecule has 150 valence electrons. The van der Waals surface area contributed by atoms with Crippen LogP contribution in [0, 0.1) is 0 Å². The number of halogens is 1. The van der Waals surface area contributed by atoms with Crippen molar-refractivity contribution >= 4 is 11.6 Å². The third-order valence-electron chi connectivity index (χ3n) is 5.63. The highest BCUT2D eigenvalue weighted by Gasteiger charge is 2.36. The van der Waals surface area contributed by atoms with Gasteiger partial charge >= 0.3 is 0 Å². The maximum absolute atomic E-state index is 10.3. The molecule has 0 radical (unpaired) electrons. The van der Waals surface area contributed by atoms with Crippen LogP contribution in [0.5, 0.6) is 23.0 Å². The average Bonchev–Trinajstić information content (AvgIpc) is 2.71. The van der Waals surface area contributed by atoms with Crippen molar-refractivity contribution in [2.45, 2.75) is 25.4 Å². The zero-order chi connectivity index (χ0) is 19.8. The van der Waals surface area contributed by atoms with E-state index in [-0.39, 0.29) is 25.0 Å². The summed E-state index contributed by atoms with van der Waals surface area (Å²) >= 11 is 6.60. The third-order valence-corrected chi connectivity index (χ3v) is 5.97. The molecule has 0 bridgehead atoms. The number of phenols is 1. The number of rotatable bonds is 5. The molecule has 0 spiro atoms. The van der Waals surface area contributed by atoms with E-state index in [1.54, 1.807) is 20.3 Å². The third kappa shape index (κ3) is 3.15. The molecule has 0 amide bonds. The van der Waals surface area contributed by atoms with Crippen molar-refractivity contribution in [3.8, 4) is 23.0 Å². The summed E-state index contributed by atoms with van der Waals surface area (Å²) in [6.45, 7) is 1.69. The predicted octanol–water partition coefficient (Wildman–Crippen LogP) is 3.09. The van der Waals surface area contributed by atoms with Crippen LogP contribution in [0.15, 0.2) is 18.2 Å². The molecule has 0 saturated heterocycles. The van der Waals surface area contributed by atoms with E-state index in [4.69, 9.17) is 25.8 Å². The quantitative estimate of drug-likeness (QED) is 0.796. The minimum atomic E-state index is -0.0681. The van der Waals surface area contributed by atoms with Gasteiger partial charge < -0.3 is 24.4 Å². The lowest BCUT2D eigenvalue weighted by Gasteiger charge is -2.42. The summed E-state index contributed by atoms with van der Waals surface area (Å²) in [6.07, 6.45) is 1.59. The maximum atomic E-state index is 10.3. The molecule has 6 nitrogen and oxygen atoms in total. The Balaban J connectivity index is 1.77. The number of phenolic OH excluding ortho intramolecular Hbond substituents is 1. The molecule has 2 aliphatic rings. The number of hydrogen-bond acceptors (Lipinski definition) is 6. The summed E-state index contributed by atoms with van der Waals surface area (Å²) in [6, 6.07) is 5.65. The van der Waals surface area contributed by atoms with Gasteiger partial charge in [-0.05, 0) is 41.7 Å². The van der Waals surface area contributed by atoms with Crippen molar-refractivity contribution in [2.24, 2.45) is 0 Å². The predicted molar refractivity (Wildman–Crippen MR) is 106 cm³/mol. The minimum absolute atomic E-state index is 0.0681. The molecule has 2 aliphatic heterocycles. The fourth-order valence-corrected chi connectivity index (χ4v) is 4.59. The fraction of sp³-hybridized carbons (Fsp3) is 0.429. The van der Waals surface area contributed by atoms with E-state index in [1.807, 2.05) is 12.1 Å². The van der Waals surface area contributed by atoms with Crippen LogP contribution in [0.3, 0.4) is 0 Å². The highest BCUT2D eigenvalue weighted by Crippen LogP contribution is 2.48. The summed E-state index contributed by atoms with van der Waals surface area (Å²) in [5.41, 5.74) is 4.34. The van der Waals surface area contributed by atoms with Gasteiger partial charge in [-0.1, -0.05) is 11.6 Å². The topological polar surface area (TPSA) is 71.4 Å². The Morgan fingerprint density at radius 3 is 2.64 bits per heavy atom. The van der Waals surface area contributed by atoms with Gasteiger partial charge in [0.2, 0.25) is 0 Å². The van der Waals surface area contributed by atoms with Crippen molar-refractivity contribution in [1.29, 1.82) is 0 Å². The Morgan fingerprint density at radius 1 is 1.14 bits per heavy atom. The number of fused-ring (bicyclic) bond motifs is 4. The first-order valence-corrected chi connectivity index (χ1v) is 9.70. The van der Waals surface area contributed by atoms with Gasteiger partial charge in [0.25, 0.3) is 0 Å². The van der Waals surface area contributed by atoms with Crippen LogP contribution in [0.2, 0.25) is 5.02 Å². The van der Waals surface area contributed by atoms with Crippen molar-refractivity contribution in [2.75, 3.05) is 34.0 Å². The molecule has 4 rings (SSSR count). The number of aliphatic hydroxyl groups is 1. The molecule has 0 fully saturated rings. The van der Waals surface area contributed by atoms with E-state index in [9.17, 15) is 10.2 Å². The van der Waals surface area contributed by atoms with E-state index in [0.29, 0.717) is 35.2 Å². The van der Waals surface area contributed by atoms with Gasteiger partial charge in [-0.15, -0.1) is 0 Å². The molecule has 2 aromatic rings. The number of methoxy groups -OCH3 is 2. The standard InChI is InChI=1S/C21H24ClNO5/c1-26-19-7-12-3-4-23-11-15-14(8-17(23)13(12)9-18(19)25)16(22)10-20(27-2)21(15)28-6-5-24/h7,9-10,17,24-25H,3-6,8,11H2,1-2H3. The van der Waals surface area contributed by atoms with Crippen molar-refractivity contribution < 1.29 is 24.4 Å². The van der Waals surface area contributed by atoms with Gasteiger partial charge in [0, 0.05) is 35.8 Å². The van der Waals surface area contributed by atoms with Crippen LogP contribution in [-0.2, 0) is 19.4 Å². The summed E-state index contributed by atoms with van der Waals surface area (Å²) in [7, 11) is 3.15. The number of aliphatic hydroxyl groups excluding tert-OH is 1. The number of benzene rings is 2. The van der Waals surface area contributed by atoms with Gasteiger partial charge in [0.15, 0.2) is 23.0 Å². The second-order valence-electron chi connectivity index (χ2n) is 7.08. The van der Waals surface area contributed by atoms with Crippen LogP contribution in [0.1, 0.15) is 28.3 Å². The molecule has 0 aliphatic carbocycles. The molecule has 2 N–H and O–H groups in total. The zero-order valence-corrected chi connectivity index (χ0v) is 16.8. The van der Waals surface area contributed by atoms with Gasteiger partial charge in [0.05, 0.1) is 20.8 Å². The summed E-state index contributed by atoms with van der Waals surface area (Å²) in [5, 5.41) is 20.1. The monoisotopic (exact) mass is 405 g/mol. The minimum Gasteiger partial charge on any atom is -0.504 e. The summed E-state index contributed by atoms with van der Waals surface area (Å²) in [5.74, 6) is 1.89. The van der Waals surface area contributed by atoms with E-state index in [0.717, 1.165) is 29.7 Å². The largest absolute Gasteiger partial charge is 0.504 e. The average molecular weight is 406 g/mol. The molecular weight excluding hydrogens is 382 g/mol. The first-order chi connectivity index (χ1) is 13.6. The zero-order valence-electron chi connectivity index (χ0n) is 16.0.